The van der Waals surface area contributed by atoms with Gasteiger partial charge in [0.25, 0.3) is 11.5 Å². The Hall–Kier alpha value is -3.53. The van der Waals surface area contributed by atoms with Gasteiger partial charge in [0.1, 0.15) is 9.88 Å². The first-order chi connectivity index (χ1) is 14.8. The summed E-state index contributed by atoms with van der Waals surface area (Å²) in [6, 6.07) is 6.96. The standard InChI is InChI=1S/C21H22N6O3S/c1-11-12(2)25-26(4)20(29)16(11)19-23-13(3)17(31-19)18(28)24-14-5-7-15(8-6-14)27-10-9-22-21(27)30/h5-8H,9-10H2,1-4H3,(H,22,30)(H,24,28). The molecular weight excluding hydrogens is 416 g/mol. The number of nitrogens with zero attached hydrogens (tertiary/aromatic N) is 4. The lowest BCUT2D eigenvalue weighted by atomic mass is 10.1. The van der Waals surface area contributed by atoms with Gasteiger partial charge >= 0.3 is 6.03 Å². The molecule has 1 saturated heterocycles. The molecule has 3 amide bonds. The minimum absolute atomic E-state index is 0.127. The van der Waals surface area contributed by atoms with Crippen LogP contribution in [0.1, 0.15) is 26.6 Å². The number of rotatable bonds is 4. The zero-order valence-electron chi connectivity index (χ0n) is 17.6. The van der Waals surface area contributed by atoms with Gasteiger partial charge in [0.05, 0.1) is 17.0 Å². The summed E-state index contributed by atoms with van der Waals surface area (Å²) in [7, 11) is 1.60. The van der Waals surface area contributed by atoms with Crippen LogP contribution in [0.3, 0.4) is 0 Å². The number of hydrogen-bond donors (Lipinski definition) is 2. The lowest BCUT2D eigenvalue weighted by Crippen LogP contribution is -2.27. The van der Waals surface area contributed by atoms with E-state index in [1.807, 2.05) is 13.8 Å². The van der Waals surface area contributed by atoms with Gasteiger partial charge in [0, 0.05) is 31.5 Å². The zero-order valence-corrected chi connectivity index (χ0v) is 18.5. The topological polar surface area (TPSA) is 109 Å². The lowest BCUT2D eigenvalue weighted by Gasteiger charge is -2.14. The lowest BCUT2D eigenvalue weighted by molar-refractivity contribution is 0.102. The summed E-state index contributed by atoms with van der Waals surface area (Å²) in [6.45, 7) is 6.64. The van der Waals surface area contributed by atoms with Gasteiger partial charge in [-0.1, -0.05) is 0 Å². The van der Waals surface area contributed by atoms with Gasteiger partial charge in [-0.15, -0.1) is 11.3 Å². The number of carbonyl (C=O) groups is 2. The van der Waals surface area contributed by atoms with Crippen molar-refractivity contribution in [2.24, 2.45) is 7.05 Å². The van der Waals surface area contributed by atoms with E-state index >= 15 is 0 Å². The Labute approximate surface area is 182 Å². The average Bonchev–Trinajstić information content (AvgIpc) is 3.33. The molecule has 0 radical (unpaired) electrons. The molecular formula is C21H22N6O3S. The Kier molecular flexibility index (Phi) is 5.32. The molecule has 9 nitrogen and oxygen atoms in total. The predicted octanol–water partition coefficient (Wildman–Crippen LogP) is 2.61. The molecule has 2 aromatic heterocycles. The maximum Gasteiger partial charge on any atom is 0.321 e. The Morgan fingerprint density at radius 2 is 1.84 bits per heavy atom. The van der Waals surface area contributed by atoms with E-state index in [0.717, 1.165) is 16.9 Å². The summed E-state index contributed by atoms with van der Waals surface area (Å²) >= 11 is 1.18. The molecule has 1 fully saturated rings. The molecule has 10 heteroatoms. The van der Waals surface area contributed by atoms with Crippen LogP contribution in [0.4, 0.5) is 16.2 Å². The highest BCUT2D eigenvalue weighted by Crippen LogP contribution is 2.29. The van der Waals surface area contributed by atoms with Crippen molar-refractivity contribution < 1.29 is 9.59 Å². The number of anilines is 2. The summed E-state index contributed by atoms with van der Waals surface area (Å²) in [6.07, 6.45) is 0. The average molecular weight is 439 g/mol. The molecule has 160 valence electrons. The third-order valence-corrected chi connectivity index (χ3v) is 6.41. The van der Waals surface area contributed by atoms with Crippen molar-refractivity contribution in [2.45, 2.75) is 20.8 Å². The second kappa shape index (κ2) is 7.95. The third-order valence-electron chi connectivity index (χ3n) is 5.24. The van der Waals surface area contributed by atoms with E-state index in [2.05, 4.69) is 20.7 Å². The van der Waals surface area contributed by atoms with Gasteiger partial charge in [-0.3, -0.25) is 14.5 Å². The van der Waals surface area contributed by atoms with Crippen LogP contribution in [0.2, 0.25) is 0 Å². The second-order valence-corrected chi connectivity index (χ2v) is 8.33. The monoisotopic (exact) mass is 438 g/mol. The molecule has 2 N–H and O–H groups in total. The van der Waals surface area contributed by atoms with E-state index in [0.29, 0.717) is 39.9 Å². The third kappa shape index (κ3) is 3.81. The van der Waals surface area contributed by atoms with Gasteiger partial charge in [-0.2, -0.15) is 5.10 Å². The molecule has 0 bridgehead atoms. The normalized spacial score (nSPS) is 13.4. The molecule has 3 aromatic rings. The number of benzene rings is 1. The van der Waals surface area contributed by atoms with Crippen LogP contribution in [0.5, 0.6) is 0 Å². The number of aromatic nitrogens is 3. The highest BCUT2D eigenvalue weighted by Gasteiger charge is 2.22. The number of carbonyl (C=O) groups excluding carboxylic acids is 2. The summed E-state index contributed by atoms with van der Waals surface area (Å²) in [5, 5.41) is 10.3. The number of urea groups is 1. The van der Waals surface area contributed by atoms with Gasteiger partial charge in [0.15, 0.2) is 0 Å². The minimum Gasteiger partial charge on any atom is -0.336 e. The fourth-order valence-electron chi connectivity index (χ4n) is 3.44. The van der Waals surface area contributed by atoms with E-state index < -0.39 is 0 Å². The molecule has 1 aliphatic heterocycles. The van der Waals surface area contributed by atoms with Crippen molar-refractivity contribution in [1.29, 1.82) is 0 Å². The number of hydrogen-bond acceptors (Lipinski definition) is 6. The van der Waals surface area contributed by atoms with Crippen molar-refractivity contribution in [1.82, 2.24) is 20.1 Å². The maximum atomic E-state index is 12.9. The minimum atomic E-state index is -0.298. The SMILES string of the molecule is Cc1nc(-c2c(C)c(C)nn(C)c2=O)sc1C(=O)Nc1ccc(N2CCNC2=O)cc1. The molecule has 0 atom stereocenters. The van der Waals surface area contributed by atoms with Crippen LogP contribution >= 0.6 is 11.3 Å². The van der Waals surface area contributed by atoms with E-state index in [1.54, 1.807) is 43.1 Å². The first-order valence-corrected chi connectivity index (χ1v) is 10.6. The zero-order chi connectivity index (χ0) is 22.3. The summed E-state index contributed by atoms with van der Waals surface area (Å²) in [5.74, 6) is -0.298. The van der Waals surface area contributed by atoms with Crippen molar-refractivity contribution in [3.63, 3.8) is 0 Å². The van der Waals surface area contributed by atoms with Gasteiger partial charge in [-0.25, -0.2) is 14.5 Å². The van der Waals surface area contributed by atoms with E-state index in [4.69, 9.17) is 0 Å². The molecule has 0 unspecified atom stereocenters. The number of thiazole rings is 1. The summed E-state index contributed by atoms with van der Waals surface area (Å²) in [4.78, 5) is 43.8. The number of aryl methyl sites for hydroxylation is 3. The molecule has 4 rings (SSSR count). The number of amides is 3. The molecule has 0 aliphatic carbocycles. The van der Waals surface area contributed by atoms with Crippen molar-refractivity contribution in [2.75, 3.05) is 23.3 Å². The maximum absolute atomic E-state index is 12.9. The van der Waals surface area contributed by atoms with Crippen molar-refractivity contribution in [3.05, 3.63) is 56.4 Å². The Morgan fingerprint density at radius 3 is 2.48 bits per heavy atom. The van der Waals surface area contributed by atoms with Crippen LogP contribution in [0.25, 0.3) is 10.6 Å². The smallest absolute Gasteiger partial charge is 0.321 e. The Morgan fingerprint density at radius 1 is 1.13 bits per heavy atom. The number of nitrogens with one attached hydrogen (secondary N) is 2. The van der Waals surface area contributed by atoms with Crippen molar-refractivity contribution >= 4 is 34.6 Å². The van der Waals surface area contributed by atoms with Crippen LogP contribution in [0, 0.1) is 20.8 Å². The highest BCUT2D eigenvalue weighted by molar-refractivity contribution is 7.17. The van der Waals surface area contributed by atoms with Crippen LogP contribution in [0.15, 0.2) is 29.1 Å². The summed E-state index contributed by atoms with van der Waals surface area (Å²) < 4.78 is 1.29. The Balaban J connectivity index is 1.58. The molecule has 1 aliphatic rings. The van der Waals surface area contributed by atoms with Crippen LogP contribution < -0.4 is 21.1 Å². The molecule has 3 heterocycles. The van der Waals surface area contributed by atoms with Crippen LogP contribution in [-0.4, -0.2) is 39.8 Å². The second-order valence-electron chi connectivity index (χ2n) is 7.33. The highest BCUT2D eigenvalue weighted by atomic mass is 32.1. The fourth-order valence-corrected chi connectivity index (χ4v) is 4.50. The first-order valence-electron chi connectivity index (χ1n) is 9.75. The molecule has 0 saturated carbocycles. The quantitative estimate of drug-likeness (QED) is 0.651. The van der Waals surface area contributed by atoms with Gasteiger partial charge in [-0.05, 0) is 50.6 Å². The van der Waals surface area contributed by atoms with E-state index in [9.17, 15) is 14.4 Å². The van der Waals surface area contributed by atoms with Crippen molar-refractivity contribution in [3.8, 4) is 10.6 Å². The fraction of sp³-hybridized carbons (Fsp3) is 0.286. The first kappa shape index (κ1) is 20.7. The van der Waals surface area contributed by atoms with E-state index in [1.165, 1.54) is 16.0 Å². The molecule has 31 heavy (non-hydrogen) atoms. The Bertz CT molecular complexity index is 1250. The van der Waals surface area contributed by atoms with E-state index in [-0.39, 0.29) is 17.5 Å². The molecule has 0 spiro atoms. The summed E-state index contributed by atoms with van der Waals surface area (Å²) in [5.41, 5.74) is 3.64. The molecule has 1 aromatic carbocycles. The largest absolute Gasteiger partial charge is 0.336 e. The van der Waals surface area contributed by atoms with Crippen LogP contribution in [-0.2, 0) is 7.05 Å². The van der Waals surface area contributed by atoms with Gasteiger partial charge in [0.2, 0.25) is 0 Å². The predicted molar refractivity (Wildman–Crippen MR) is 120 cm³/mol. The van der Waals surface area contributed by atoms with Gasteiger partial charge < -0.3 is 10.6 Å².